The third-order valence-electron chi connectivity index (χ3n) is 5.82. The highest BCUT2D eigenvalue weighted by molar-refractivity contribution is 7.98. The molecule has 4 rings (SSSR count). The zero-order valence-corrected chi connectivity index (χ0v) is 24.6. The van der Waals surface area contributed by atoms with Crippen LogP contribution >= 0.6 is 23.4 Å². The largest absolute Gasteiger partial charge is 0.497 e. The van der Waals surface area contributed by atoms with Gasteiger partial charge in [0.25, 0.3) is 5.56 Å². The van der Waals surface area contributed by atoms with Gasteiger partial charge in [-0.1, -0.05) is 29.4 Å². The summed E-state index contributed by atoms with van der Waals surface area (Å²) in [5.41, 5.74) is 1.33. The molecule has 0 aliphatic rings. The van der Waals surface area contributed by atoms with E-state index in [2.05, 4.69) is 20.3 Å². The average Bonchev–Trinajstić information content (AvgIpc) is 2.92. The summed E-state index contributed by atoms with van der Waals surface area (Å²) in [4.78, 5) is 39.3. The molecule has 0 aliphatic carbocycles. The van der Waals surface area contributed by atoms with Gasteiger partial charge in [0.15, 0.2) is 5.16 Å². The summed E-state index contributed by atoms with van der Waals surface area (Å²) in [6.07, 6.45) is 5.11. The number of hydrogen-bond donors (Lipinski definition) is 1. The summed E-state index contributed by atoms with van der Waals surface area (Å²) in [6.45, 7) is 5.67. The minimum absolute atomic E-state index is 0.272. The van der Waals surface area contributed by atoms with Crippen LogP contribution in [0.4, 0.5) is 10.6 Å². The summed E-state index contributed by atoms with van der Waals surface area (Å²) < 4.78 is 17.7. The maximum Gasteiger partial charge on any atom is 0.413 e. The minimum atomic E-state index is -0.617. The first-order valence-electron chi connectivity index (χ1n) is 12.3. The van der Waals surface area contributed by atoms with Crippen molar-refractivity contribution in [1.82, 2.24) is 19.5 Å². The van der Waals surface area contributed by atoms with Gasteiger partial charge in [0.2, 0.25) is 0 Å². The molecule has 0 saturated carbocycles. The molecule has 1 amide bonds. The van der Waals surface area contributed by atoms with E-state index in [1.807, 2.05) is 12.3 Å². The molecule has 1 aromatic carbocycles. The number of ether oxygens (including phenoxy) is 3. The molecule has 12 heteroatoms. The van der Waals surface area contributed by atoms with Crippen molar-refractivity contribution in [3.05, 3.63) is 63.7 Å². The number of halogens is 1. The van der Waals surface area contributed by atoms with Gasteiger partial charge in [-0.3, -0.25) is 14.7 Å². The Morgan fingerprint density at radius 3 is 2.48 bits per heavy atom. The Morgan fingerprint density at radius 2 is 1.85 bits per heavy atom. The van der Waals surface area contributed by atoms with Crippen LogP contribution in [-0.2, 0) is 17.7 Å². The highest BCUT2D eigenvalue weighted by Gasteiger charge is 2.20. The summed E-state index contributed by atoms with van der Waals surface area (Å²) in [5.74, 6) is 1.26. The van der Waals surface area contributed by atoms with E-state index in [-0.39, 0.29) is 5.56 Å². The van der Waals surface area contributed by atoms with Crippen molar-refractivity contribution in [3.8, 4) is 22.6 Å². The number of fused-ring (bicyclic) bond motifs is 1. The van der Waals surface area contributed by atoms with Gasteiger partial charge in [-0.15, -0.1) is 0 Å². The Labute approximate surface area is 241 Å². The lowest BCUT2D eigenvalue weighted by atomic mass is 10.0. The van der Waals surface area contributed by atoms with Crippen LogP contribution in [0.15, 0.2) is 52.7 Å². The Bertz CT molecular complexity index is 1600. The number of nitrogens with zero attached hydrogens (tertiary/aromatic N) is 4. The van der Waals surface area contributed by atoms with Crippen LogP contribution in [0.3, 0.4) is 0 Å². The Kier molecular flexibility index (Phi) is 8.85. The second-order valence-corrected chi connectivity index (χ2v) is 10.9. The molecule has 40 heavy (non-hydrogen) atoms. The Balaban J connectivity index is 1.70. The first kappa shape index (κ1) is 29.2. The molecule has 10 nitrogen and oxygen atoms in total. The number of carbonyl (C=O) groups excluding carboxylic acids is 1. The van der Waals surface area contributed by atoms with Gasteiger partial charge in [-0.05, 0) is 57.2 Å². The van der Waals surface area contributed by atoms with Gasteiger partial charge in [-0.2, -0.15) is 0 Å². The quantitative estimate of drug-likeness (QED) is 0.202. The SMILES string of the molecule is COc1cc(OC)c(Cl)c(-c2cc3cnc(SC)nc3n(CCc3ccc(NC(=O)OC(C)(C)C)nc3)c2=O)c1. The van der Waals surface area contributed by atoms with E-state index in [9.17, 15) is 9.59 Å². The number of rotatable bonds is 8. The molecule has 0 radical (unpaired) electrons. The lowest BCUT2D eigenvalue weighted by Gasteiger charge is -2.19. The van der Waals surface area contributed by atoms with E-state index < -0.39 is 11.7 Å². The Morgan fingerprint density at radius 1 is 1.07 bits per heavy atom. The molecular formula is C28H30ClN5O5S. The highest BCUT2D eigenvalue weighted by atomic mass is 35.5. The van der Waals surface area contributed by atoms with Crippen molar-refractivity contribution in [2.75, 3.05) is 25.8 Å². The molecule has 0 atom stereocenters. The maximum absolute atomic E-state index is 13.9. The molecular weight excluding hydrogens is 554 g/mol. The van der Waals surface area contributed by atoms with E-state index in [1.54, 1.807) is 62.0 Å². The van der Waals surface area contributed by atoms with Crippen molar-refractivity contribution in [2.24, 2.45) is 0 Å². The molecule has 3 aromatic heterocycles. The lowest BCUT2D eigenvalue weighted by molar-refractivity contribution is 0.0635. The van der Waals surface area contributed by atoms with Crippen LogP contribution < -0.4 is 20.3 Å². The lowest BCUT2D eigenvalue weighted by Crippen LogP contribution is -2.27. The fourth-order valence-corrected chi connectivity index (χ4v) is 4.60. The van der Waals surface area contributed by atoms with Gasteiger partial charge in [-0.25, -0.2) is 19.7 Å². The summed E-state index contributed by atoms with van der Waals surface area (Å²) in [7, 11) is 3.04. The third kappa shape index (κ3) is 6.65. The third-order valence-corrected chi connectivity index (χ3v) is 6.78. The number of anilines is 1. The van der Waals surface area contributed by atoms with Gasteiger partial charge in [0.05, 0.1) is 19.2 Å². The zero-order chi connectivity index (χ0) is 29.0. The van der Waals surface area contributed by atoms with Gasteiger partial charge in [0.1, 0.15) is 28.6 Å². The van der Waals surface area contributed by atoms with Crippen molar-refractivity contribution in [3.63, 3.8) is 0 Å². The van der Waals surface area contributed by atoms with E-state index >= 15 is 0 Å². The van der Waals surface area contributed by atoms with Crippen LogP contribution in [0.5, 0.6) is 11.5 Å². The van der Waals surface area contributed by atoms with Crippen LogP contribution in [-0.4, -0.2) is 51.7 Å². The number of nitrogens with one attached hydrogen (secondary N) is 1. The molecule has 0 saturated heterocycles. The summed E-state index contributed by atoms with van der Waals surface area (Å²) >= 11 is 8.03. The zero-order valence-electron chi connectivity index (χ0n) is 23.1. The molecule has 0 spiro atoms. The summed E-state index contributed by atoms with van der Waals surface area (Å²) in [5, 5.41) is 4.14. The molecule has 4 aromatic rings. The van der Waals surface area contributed by atoms with Crippen LogP contribution in [0.1, 0.15) is 26.3 Å². The van der Waals surface area contributed by atoms with Gasteiger partial charge < -0.3 is 14.2 Å². The summed E-state index contributed by atoms with van der Waals surface area (Å²) in [6, 6.07) is 8.62. The van der Waals surface area contributed by atoms with Crippen LogP contribution in [0.25, 0.3) is 22.2 Å². The maximum atomic E-state index is 13.9. The number of methoxy groups -OCH3 is 2. The molecule has 0 unspecified atom stereocenters. The predicted octanol–water partition coefficient (Wildman–Crippen LogP) is 5.84. The van der Waals surface area contributed by atoms with Crippen molar-refractivity contribution < 1.29 is 19.0 Å². The fraction of sp³-hybridized carbons (Fsp3) is 0.321. The Hall–Kier alpha value is -3.83. The van der Waals surface area contributed by atoms with Crippen molar-refractivity contribution in [1.29, 1.82) is 0 Å². The fourth-order valence-electron chi connectivity index (χ4n) is 3.97. The number of thioether (sulfide) groups is 1. The highest BCUT2D eigenvalue weighted by Crippen LogP contribution is 2.38. The first-order valence-corrected chi connectivity index (χ1v) is 13.9. The predicted molar refractivity (Wildman–Crippen MR) is 157 cm³/mol. The molecule has 0 aliphatic heterocycles. The normalized spacial score (nSPS) is 11.4. The second-order valence-electron chi connectivity index (χ2n) is 9.77. The average molecular weight is 584 g/mol. The van der Waals surface area contributed by atoms with E-state index in [4.69, 9.17) is 25.8 Å². The monoisotopic (exact) mass is 583 g/mol. The molecule has 210 valence electrons. The standard InChI is InChI=1S/C28H30ClN5O5S/c1-28(2,3)39-27(36)32-22-8-7-16(14-30-22)9-10-34-24-17(15-31-26(33-24)40-6)11-20(25(34)35)19-12-18(37-4)13-21(38-5)23(19)29/h7-8,11-15H,9-10H2,1-6H3,(H,30,32,36). The minimum Gasteiger partial charge on any atom is -0.497 e. The van der Waals surface area contributed by atoms with Crippen LogP contribution in [0, 0.1) is 0 Å². The van der Waals surface area contributed by atoms with Gasteiger partial charge in [0, 0.05) is 41.5 Å². The second kappa shape index (κ2) is 12.1. The number of benzene rings is 1. The van der Waals surface area contributed by atoms with E-state index in [0.29, 0.717) is 62.6 Å². The number of carbonyl (C=O) groups is 1. The molecule has 0 bridgehead atoms. The molecule has 3 heterocycles. The topological polar surface area (TPSA) is 117 Å². The van der Waals surface area contributed by atoms with Crippen molar-refractivity contribution >= 4 is 46.3 Å². The first-order chi connectivity index (χ1) is 19.0. The van der Waals surface area contributed by atoms with E-state index in [1.165, 1.54) is 26.0 Å². The number of hydrogen-bond acceptors (Lipinski definition) is 9. The molecule has 0 fully saturated rings. The van der Waals surface area contributed by atoms with Crippen LogP contribution in [0.2, 0.25) is 5.02 Å². The van der Waals surface area contributed by atoms with Gasteiger partial charge >= 0.3 is 6.09 Å². The number of pyridine rings is 2. The number of aryl methyl sites for hydroxylation is 2. The number of amides is 1. The molecule has 1 N–H and O–H groups in total. The van der Waals surface area contributed by atoms with E-state index in [0.717, 1.165) is 5.56 Å². The number of aromatic nitrogens is 4. The smallest absolute Gasteiger partial charge is 0.413 e. The van der Waals surface area contributed by atoms with Crippen molar-refractivity contribution in [2.45, 2.75) is 44.5 Å².